The van der Waals surface area contributed by atoms with Gasteiger partial charge in [-0.25, -0.2) is 0 Å². The van der Waals surface area contributed by atoms with Gasteiger partial charge < -0.3 is 10.5 Å². The Hall–Kier alpha value is -0.480. The fourth-order valence-corrected chi connectivity index (χ4v) is 1.84. The van der Waals surface area contributed by atoms with Crippen molar-refractivity contribution in [3.05, 3.63) is 11.6 Å². The van der Waals surface area contributed by atoms with Crippen molar-refractivity contribution in [2.75, 3.05) is 11.5 Å². The quantitative estimate of drug-likeness (QED) is 0.459. The van der Waals surface area contributed by atoms with E-state index in [1.54, 1.807) is 11.8 Å². The number of rotatable bonds is 5. The van der Waals surface area contributed by atoms with Gasteiger partial charge in [-0.15, -0.1) is 0 Å². The van der Waals surface area contributed by atoms with E-state index in [4.69, 9.17) is 10.5 Å². The number of hydrogen-bond acceptors (Lipinski definition) is 4. The van der Waals surface area contributed by atoms with E-state index in [1.165, 1.54) is 5.57 Å². The van der Waals surface area contributed by atoms with Crippen LogP contribution in [-0.2, 0) is 9.53 Å². The summed E-state index contributed by atoms with van der Waals surface area (Å²) in [6, 6.07) is -0.533. The Morgan fingerprint density at radius 1 is 1.44 bits per heavy atom. The van der Waals surface area contributed by atoms with Crippen LogP contribution in [0.2, 0.25) is 0 Å². The van der Waals surface area contributed by atoms with E-state index >= 15 is 0 Å². The van der Waals surface area contributed by atoms with Crippen molar-refractivity contribution in [2.24, 2.45) is 5.73 Å². The highest BCUT2D eigenvalue weighted by molar-refractivity contribution is 7.99. The van der Waals surface area contributed by atoms with Gasteiger partial charge in [-0.2, -0.15) is 11.8 Å². The van der Waals surface area contributed by atoms with Crippen LogP contribution < -0.4 is 5.73 Å². The molecule has 0 saturated carbocycles. The maximum absolute atomic E-state index is 11.5. The maximum atomic E-state index is 11.5. The van der Waals surface area contributed by atoms with Gasteiger partial charge in [-0.05, 0) is 34.6 Å². The van der Waals surface area contributed by atoms with Gasteiger partial charge in [0.2, 0.25) is 0 Å². The largest absolute Gasteiger partial charge is 0.459 e. The summed E-state index contributed by atoms with van der Waals surface area (Å²) >= 11 is 1.64. The Labute approximate surface area is 103 Å². The van der Waals surface area contributed by atoms with Gasteiger partial charge in [0.15, 0.2) is 0 Å². The average Bonchev–Trinajstić information content (AvgIpc) is 2.08. The number of thioether (sulfide) groups is 1. The number of carbonyl (C=O) groups excluding carboxylic acids is 1. The van der Waals surface area contributed by atoms with Gasteiger partial charge in [0.1, 0.15) is 11.6 Å². The lowest BCUT2D eigenvalue weighted by Crippen LogP contribution is -2.39. The predicted octanol–water partition coefficient (Wildman–Crippen LogP) is 2.35. The van der Waals surface area contributed by atoms with Crippen LogP contribution >= 0.6 is 11.8 Å². The fraction of sp³-hybridized carbons (Fsp3) is 0.750. The number of nitrogens with two attached hydrogens (primary N) is 1. The minimum absolute atomic E-state index is 0.322. The van der Waals surface area contributed by atoms with Crippen molar-refractivity contribution < 1.29 is 9.53 Å². The Kier molecular flexibility index (Phi) is 6.76. The van der Waals surface area contributed by atoms with Crippen molar-refractivity contribution in [1.29, 1.82) is 0 Å². The van der Waals surface area contributed by atoms with Crippen molar-refractivity contribution in [3.63, 3.8) is 0 Å². The van der Waals surface area contributed by atoms with E-state index in [2.05, 4.69) is 6.08 Å². The van der Waals surface area contributed by atoms with Crippen LogP contribution in [0.15, 0.2) is 11.6 Å². The molecule has 4 heteroatoms. The number of ether oxygens (including phenoxy) is 1. The second-order valence-corrected chi connectivity index (χ2v) is 6.03. The summed E-state index contributed by atoms with van der Waals surface area (Å²) in [4.78, 5) is 11.5. The molecule has 0 radical (unpaired) electrons. The van der Waals surface area contributed by atoms with Crippen LogP contribution in [0.25, 0.3) is 0 Å². The molecule has 2 N–H and O–H groups in total. The molecule has 3 nitrogen and oxygen atoms in total. The molecule has 1 atom stereocenters. The summed E-state index contributed by atoms with van der Waals surface area (Å²) in [6.07, 6.45) is 2.12. The number of allylic oxidation sites excluding steroid dienone is 1. The van der Waals surface area contributed by atoms with Crippen LogP contribution in [0.3, 0.4) is 0 Å². The van der Waals surface area contributed by atoms with Gasteiger partial charge >= 0.3 is 5.97 Å². The van der Waals surface area contributed by atoms with E-state index in [0.29, 0.717) is 5.75 Å². The lowest BCUT2D eigenvalue weighted by atomic mass is 10.2. The summed E-state index contributed by atoms with van der Waals surface area (Å²) < 4.78 is 5.18. The number of esters is 1. The minimum Gasteiger partial charge on any atom is -0.459 e. The molecule has 0 bridgehead atoms. The van der Waals surface area contributed by atoms with Crippen LogP contribution in [-0.4, -0.2) is 29.1 Å². The molecule has 0 saturated heterocycles. The first kappa shape index (κ1) is 15.5. The van der Waals surface area contributed by atoms with Crippen LogP contribution in [0.1, 0.15) is 34.6 Å². The second-order valence-electron chi connectivity index (χ2n) is 4.96. The Bertz CT molecular complexity index is 252. The summed E-state index contributed by atoms with van der Waals surface area (Å²) in [5, 5.41) is 0. The summed E-state index contributed by atoms with van der Waals surface area (Å²) in [6.45, 7) is 9.62. The molecule has 0 spiro atoms. The zero-order chi connectivity index (χ0) is 12.8. The first-order valence-corrected chi connectivity index (χ1v) is 6.57. The van der Waals surface area contributed by atoms with Gasteiger partial charge in [-0.1, -0.05) is 11.6 Å². The molecule has 0 aromatic heterocycles. The average molecular weight is 245 g/mol. The van der Waals surface area contributed by atoms with Crippen LogP contribution in [0.5, 0.6) is 0 Å². The third-order valence-corrected chi connectivity index (χ3v) is 2.61. The summed E-state index contributed by atoms with van der Waals surface area (Å²) in [5.41, 5.74) is 6.54. The zero-order valence-electron chi connectivity index (χ0n) is 10.9. The predicted molar refractivity (Wildman–Crippen MR) is 70.6 cm³/mol. The van der Waals surface area contributed by atoms with E-state index in [9.17, 15) is 4.79 Å². The second kappa shape index (κ2) is 6.97. The van der Waals surface area contributed by atoms with Crippen molar-refractivity contribution >= 4 is 17.7 Å². The van der Waals surface area contributed by atoms with E-state index in [-0.39, 0.29) is 5.97 Å². The molecule has 0 heterocycles. The first-order valence-electron chi connectivity index (χ1n) is 5.42. The third kappa shape index (κ3) is 8.80. The van der Waals surface area contributed by atoms with E-state index < -0.39 is 11.6 Å². The monoisotopic (exact) mass is 245 g/mol. The molecule has 16 heavy (non-hydrogen) atoms. The third-order valence-electron chi connectivity index (χ3n) is 1.62. The first-order chi connectivity index (χ1) is 7.22. The number of hydrogen-bond donors (Lipinski definition) is 1. The zero-order valence-corrected chi connectivity index (χ0v) is 11.7. The normalized spacial score (nSPS) is 13.1. The number of carbonyl (C=O) groups is 1. The molecule has 94 valence electrons. The van der Waals surface area contributed by atoms with Crippen LogP contribution in [0, 0.1) is 0 Å². The minimum atomic E-state index is -0.533. The van der Waals surface area contributed by atoms with Gasteiger partial charge in [0.25, 0.3) is 0 Å². The van der Waals surface area contributed by atoms with Crippen molar-refractivity contribution in [1.82, 2.24) is 0 Å². The molecule has 0 aromatic carbocycles. The van der Waals surface area contributed by atoms with Crippen molar-refractivity contribution in [3.8, 4) is 0 Å². The van der Waals surface area contributed by atoms with E-state index in [0.717, 1.165) is 5.75 Å². The van der Waals surface area contributed by atoms with Crippen molar-refractivity contribution in [2.45, 2.75) is 46.3 Å². The van der Waals surface area contributed by atoms with Crippen LogP contribution in [0.4, 0.5) is 0 Å². The highest BCUT2D eigenvalue weighted by Gasteiger charge is 2.21. The lowest BCUT2D eigenvalue weighted by molar-refractivity contribution is -0.155. The lowest BCUT2D eigenvalue weighted by Gasteiger charge is -2.21. The molecule has 0 aromatic rings. The molecule has 0 amide bonds. The fourth-order valence-electron chi connectivity index (χ4n) is 0.866. The smallest absolute Gasteiger partial charge is 0.324 e. The summed E-state index contributed by atoms with van der Waals surface area (Å²) in [7, 11) is 0. The van der Waals surface area contributed by atoms with E-state index in [1.807, 2.05) is 34.6 Å². The summed E-state index contributed by atoms with van der Waals surface area (Å²) in [5.74, 6) is 1.16. The molecule has 0 aliphatic rings. The topological polar surface area (TPSA) is 52.3 Å². The highest BCUT2D eigenvalue weighted by atomic mass is 32.2. The Balaban J connectivity index is 3.85. The molecule has 0 fully saturated rings. The molecule has 1 unspecified atom stereocenters. The Morgan fingerprint density at radius 3 is 2.44 bits per heavy atom. The van der Waals surface area contributed by atoms with Gasteiger partial charge in [-0.3, -0.25) is 4.79 Å². The molecule has 0 aliphatic heterocycles. The van der Waals surface area contributed by atoms with Gasteiger partial charge in [0.05, 0.1) is 0 Å². The molecular weight excluding hydrogens is 222 g/mol. The SMILES string of the molecule is CC(C)=CCSCC(N)C(=O)OC(C)(C)C. The Morgan fingerprint density at radius 2 is 2.00 bits per heavy atom. The standard InChI is InChI=1S/C12H23NO2S/c1-9(2)6-7-16-8-10(13)11(14)15-12(3,4)5/h6,10H,7-8,13H2,1-5H3. The molecular formula is C12H23NO2S. The molecule has 0 rings (SSSR count). The molecule has 0 aliphatic carbocycles. The van der Waals surface area contributed by atoms with Gasteiger partial charge in [0, 0.05) is 11.5 Å². The maximum Gasteiger partial charge on any atom is 0.324 e. The highest BCUT2D eigenvalue weighted by Crippen LogP contribution is 2.10.